The molecule has 0 aromatic heterocycles. The van der Waals surface area contributed by atoms with Crippen LogP contribution in [0.2, 0.25) is 0 Å². The molecule has 5 heteroatoms. The first-order valence-electron chi connectivity index (χ1n) is 6.08. The summed E-state index contributed by atoms with van der Waals surface area (Å²) in [6.45, 7) is 1.93. The van der Waals surface area contributed by atoms with E-state index in [2.05, 4.69) is 21.2 Å². The van der Waals surface area contributed by atoms with Gasteiger partial charge in [-0.1, -0.05) is 33.6 Å². The van der Waals surface area contributed by atoms with Crippen LogP contribution in [-0.4, -0.2) is 12.5 Å². The fraction of sp³-hybridized carbons (Fsp3) is 0.133. The van der Waals surface area contributed by atoms with E-state index in [-0.39, 0.29) is 12.5 Å². The second-order valence-electron chi connectivity index (χ2n) is 4.42. The van der Waals surface area contributed by atoms with Gasteiger partial charge in [-0.15, -0.1) is 0 Å². The molecule has 0 fully saturated rings. The number of rotatable bonds is 4. The van der Waals surface area contributed by atoms with Crippen LogP contribution in [0, 0.1) is 6.92 Å². The fourth-order valence-electron chi connectivity index (χ4n) is 1.65. The van der Waals surface area contributed by atoms with Crippen molar-refractivity contribution < 1.29 is 9.53 Å². The maximum absolute atomic E-state index is 11.8. The van der Waals surface area contributed by atoms with Crippen molar-refractivity contribution in [2.24, 2.45) is 0 Å². The summed E-state index contributed by atoms with van der Waals surface area (Å²) in [5.74, 6) is 0.336. The monoisotopic (exact) mass is 334 g/mol. The fourth-order valence-corrected chi connectivity index (χ4v) is 2.14. The highest BCUT2D eigenvalue weighted by Crippen LogP contribution is 2.22. The molecule has 0 aliphatic rings. The molecule has 2 aromatic rings. The molecule has 20 heavy (non-hydrogen) atoms. The Hall–Kier alpha value is -2.01. The Balaban J connectivity index is 1.90. The molecule has 0 radical (unpaired) electrons. The summed E-state index contributed by atoms with van der Waals surface area (Å²) in [4.78, 5) is 11.8. The lowest BCUT2D eigenvalue weighted by atomic mass is 10.2. The topological polar surface area (TPSA) is 64.3 Å². The zero-order valence-corrected chi connectivity index (χ0v) is 12.6. The van der Waals surface area contributed by atoms with E-state index in [0.717, 1.165) is 15.7 Å². The summed E-state index contributed by atoms with van der Waals surface area (Å²) in [7, 11) is 0. The van der Waals surface area contributed by atoms with Gasteiger partial charge in [-0.3, -0.25) is 4.79 Å². The van der Waals surface area contributed by atoms with Gasteiger partial charge in [-0.2, -0.15) is 0 Å². The number of anilines is 2. The van der Waals surface area contributed by atoms with Gasteiger partial charge in [-0.25, -0.2) is 0 Å². The first kappa shape index (κ1) is 14.4. The SMILES string of the molecule is Cc1ccc(NC(=O)COc2cc(N)cc(Br)c2)cc1. The van der Waals surface area contributed by atoms with Crippen LogP contribution < -0.4 is 15.8 Å². The van der Waals surface area contributed by atoms with E-state index < -0.39 is 0 Å². The van der Waals surface area contributed by atoms with Gasteiger partial charge in [0.25, 0.3) is 5.91 Å². The highest BCUT2D eigenvalue weighted by Gasteiger charge is 2.05. The molecule has 1 amide bonds. The summed E-state index contributed by atoms with van der Waals surface area (Å²) in [6.07, 6.45) is 0. The van der Waals surface area contributed by atoms with E-state index in [1.165, 1.54) is 0 Å². The molecular formula is C15H15BrN2O2. The number of nitrogens with two attached hydrogens (primary N) is 1. The molecular weight excluding hydrogens is 320 g/mol. The number of aryl methyl sites for hydroxylation is 1. The molecule has 0 unspecified atom stereocenters. The predicted octanol–water partition coefficient (Wildman–Crippen LogP) is 3.36. The highest BCUT2D eigenvalue weighted by molar-refractivity contribution is 9.10. The number of carbonyl (C=O) groups is 1. The van der Waals surface area contributed by atoms with Crippen molar-refractivity contribution in [2.75, 3.05) is 17.7 Å². The van der Waals surface area contributed by atoms with E-state index in [1.54, 1.807) is 18.2 Å². The van der Waals surface area contributed by atoms with Crippen LogP contribution in [-0.2, 0) is 4.79 Å². The van der Waals surface area contributed by atoms with E-state index >= 15 is 0 Å². The molecule has 104 valence electrons. The molecule has 0 bridgehead atoms. The molecule has 0 saturated heterocycles. The number of benzene rings is 2. The van der Waals surface area contributed by atoms with Crippen LogP contribution in [0.15, 0.2) is 46.9 Å². The van der Waals surface area contributed by atoms with Crippen LogP contribution in [0.25, 0.3) is 0 Å². The van der Waals surface area contributed by atoms with Crippen LogP contribution in [0.4, 0.5) is 11.4 Å². The van der Waals surface area contributed by atoms with Crippen LogP contribution in [0.5, 0.6) is 5.75 Å². The zero-order valence-electron chi connectivity index (χ0n) is 11.0. The summed E-state index contributed by atoms with van der Waals surface area (Å²) in [5, 5.41) is 2.76. The minimum absolute atomic E-state index is 0.0657. The lowest BCUT2D eigenvalue weighted by Gasteiger charge is -2.08. The highest BCUT2D eigenvalue weighted by atomic mass is 79.9. The van der Waals surface area contributed by atoms with Gasteiger partial charge >= 0.3 is 0 Å². The van der Waals surface area contributed by atoms with Gasteiger partial charge in [0.15, 0.2) is 6.61 Å². The largest absolute Gasteiger partial charge is 0.484 e. The van der Waals surface area contributed by atoms with Gasteiger partial charge in [0, 0.05) is 21.9 Å². The van der Waals surface area contributed by atoms with Crippen LogP contribution in [0.1, 0.15) is 5.56 Å². The Kier molecular flexibility index (Phi) is 4.63. The van der Waals surface area contributed by atoms with Crippen molar-refractivity contribution in [3.63, 3.8) is 0 Å². The smallest absolute Gasteiger partial charge is 0.262 e. The molecule has 0 spiro atoms. The van der Waals surface area contributed by atoms with E-state index in [1.807, 2.05) is 31.2 Å². The van der Waals surface area contributed by atoms with E-state index in [9.17, 15) is 4.79 Å². The number of nitrogen functional groups attached to an aromatic ring is 1. The van der Waals surface area contributed by atoms with E-state index in [4.69, 9.17) is 10.5 Å². The average Bonchev–Trinajstić information content (AvgIpc) is 2.38. The molecule has 3 N–H and O–H groups in total. The summed E-state index contributed by atoms with van der Waals surface area (Å²) in [6, 6.07) is 12.8. The molecule has 0 atom stereocenters. The number of ether oxygens (including phenoxy) is 1. The van der Waals surface area contributed by atoms with Crippen molar-refractivity contribution >= 4 is 33.2 Å². The summed E-state index contributed by atoms with van der Waals surface area (Å²) < 4.78 is 6.21. The van der Waals surface area contributed by atoms with E-state index in [0.29, 0.717) is 11.4 Å². The van der Waals surface area contributed by atoms with Crippen molar-refractivity contribution in [1.82, 2.24) is 0 Å². The first-order chi connectivity index (χ1) is 9.52. The molecule has 2 aromatic carbocycles. The van der Waals surface area contributed by atoms with Crippen molar-refractivity contribution in [3.8, 4) is 5.75 Å². The minimum Gasteiger partial charge on any atom is -0.484 e. The minimum atomic E-state index is -0.215. The maximum atomic E-state index is 11.8. The number of amides is 1. The molecule has 0 aliphatic carbocycles. The lowest BCUT2D eigenvalue weighted by molar-refractivity contribution is -0.118. The van der Waals surface area contributed by atoms with Gasteiger partial charge in [-0.05, 0) is 31.2 Å². The molecule has 0 heterocycles. The molecule has 0 saturated carbocycles. The maximum Gasteiger partial charge on any atom is 0.262 e. The average molecular weight is 335 g/mol. The second kappa shape index (κ2) is 6.43. The van der Waals surface area contributed by atoms with Crippen LogP contribution in [0.3, 0.4) is 0 Å². The number of hydrogen-bond acceptors (Lipinski definition) is 3. The third-order valence-corrected chi connectivity index (χ3v) is 3.06. The number of carbonyl (C=O) groups excluding carboxylic acids is 1. The van der Waals surface area contributed by atoms with Gasteiger partial charge in [0.05, 0.1) is 0 Å². The quantitative estimate of drug-likeness (QED) is 0.842. The normalized spacial score (nSPS) is 10.1. The first-order valence-corrected chi connectivity index (χ1v) is 6.87. The third kappa shape index (κ3) is 4.28. The standard InChI is InChI=1S/C15H15BrN2O2/c1-10-2-4-13(5-3-10)18-15(19)9-20-14-7-11(16)6-12(17)8-14/h2-8H,9,17H2,1H3,(H,18,19). The van der Waals surface area contributed by atoms with Crippen LogP contribution >= 0.6 is 15.9 Å². The third-order valence-electron chi connectivity index (χ3n) is 2.60. The lowest BCUT2D eigenvalue weighted by Crippen LogP contribution is -2.20. The summed E-state index contributed by atoms with van der Waals surface area (Å²) in [5.41, 5.74) is 8.16. The van der Waals surface area contributed by atoms with Gasteiger partial charge in [0.2, 0.25) is 0 Å². The predicted molar refractivity (Wildman–Crippen MR) is 83.9 cm³/mol. The number of hydrogen-bond donors (Lipinski definition) is 2. The molecule has 4 nitrogen and oxygen atoms in total. The van der Waals surface area contributed by atoms with Crippen molar-refractivity contribution in [3.05, 3.63) is 52.5 Å². The van der Waals surface area contributed by atoms with Crippen molar-refractivity contribution in [1.29, 1.82) is 0 Å². The Labute approximate surface area is 126 Å². The van der Waals surface area contributed by atoms with Gasteiger partial charge < -0.3 is 15.8 Å². The number of nitrogens with one attached hydrogen (secondary N) is 1. The number of halogens is 1. The van der Waals surface area contributed by atoms with Gasteiger partial charge in [0.1, 0.15) is 5.75 Å². The Morgan fingerprint density at radius 2 is 1.95 bits per heavy atom. The Bertz CT molecular complexity index is 592. The molecule has 0 aliphatic heterocycles. The molecule has 2 rings (SSSR count). The Morgan fingerprint density at radius 1 is 1.25 bits per heavy atom. The second-order valence-corrected chi connectivity index (χ2v) is 5.34. The Morgan fingerprint density at radius 3 is 2.60 bits per heavy atom. The zero-order chi connectivity index (χ0) is 14.5. The summed E-state index contributed by atoms with van der Waals surface area (Å²) >= 11 is 3.32. The van der Waals surface area contributed by atoms with Crippen molar-refractivity contribution in [2.45, 2.75) is 6.92 Å².